The number of hydrogen-bond donors (Lipinski definition) is 0. The highest BCUT2D eigenvalue weighted by Gasteiger charge is 2.48. The van der Waals surface area contributed by atoms with Gasteiger partial charge in [-0.15, -0.1) is 0 Å². The van der Waals surface area contributed by atoms with Gasteiger partial charge in [0.1, 0.15) is 18.5 Å². The monoisotopic (exact) mass is 497 g/mol. The molecule has 6 nitrogen and oxygen atoms in total. The zero-order valence-corrected chi connectivity index (χ0v) is 18.9. The third kappa shape index (κ3) is 4.89. The molecular formula is C21H21BrFNO5S. The lowest BCUT2D eigenvalue weighted by molar-refractivity contribution is -0.148. The third-order valence-electron chi connectivity index (χ3n) is 5.06. The summed E-state index contributed by atoms with van der Waals surface area (Å²) < 4.78 is 43.2. The highest BCUT2D eigenvalue weighted by atomic mass is 79.9. The molecule has 2 atom stereocenters. The minimum atomic E-state index is -3.84. The van der Waals surface area contributed by atoms with Crippen molar-refractivity contribution in [1.82, 2.24) is 0 Å². The molecule has 0 saturated carbocycles. The smallest absolute Gasteiger partial charge is 0.327 e. The molecule has 0 bridgehead atoms. The standard InChI is InChI=1S/C21H21BrFNO5S/c1-21(30(2,26)27,20(25)28-13-14-6-4-3-5-7-14)12-16-11-19(24-29-16)17-9-8-15(22)10-18(17)23/h3-10,16H,11-13H2,1-2H3/t16-,21?/m1/s1. The van der Waals surface area contributed by atoms with Crippen molar-refractivity contribution in [2.75, 3.05) is 6.26 Å². The van der Waals surface area contributed by atoms with Crippen molar-refractivity contribution in [2.45, 2.75) is 37.2 Å². The molecular weight excluding hydrogens is 477 g/mol. The van der Waals surface area contributed by atoms with Crippen LogP contribution < -0.4 is 0 Å². The highest BCUT2D eigenvalue weighted by molar-refractivity contribution is 9.10. The van der Waals surface area contributed by atoms with E-state index < -0.39 is 32.5 Å². The number of halogens is 2. The molecule has 1 aliphatic rings. The Morgan fingerprint density at radius 1 is 1.30 bits per heavy atom. The first-order chi connectivity index (χ1) is 14.1. The maximum atomic E-state index is 14.2. The second-order valence-electron chi connectivity index (χ2n) is 7.36. The SMILES string of the molecule is CC(C[C@H]1CC(c2ccc(Br)cc2F)=NO1)(C(=O)OCc1ccccc1)S(C)(=O)=O. The van der Waals surface area contributed by atoms with Crippen LogP contribution in [0.5, 0.6) is 0 Å². The van der Waals surface area contributed by atoms with Crippen LogP contribution in [0.2, 0.25) is 0 Å². The van der Waals surface area contributed by atoms with Crippen molar-refractivity contribution in [3.05, 3.63) is 69.9 Å². The van der Waals surface area contributed by atoms with Gasteiger partial charge in [0.2, 0.25) is 0 Å². The number of esters is 1. The van der Waals surface area contributed by atoms with Crippen molar-refractivity contribution in [3.63, 3.8) is 0 Å². The maximum Gasteiger partial charge on any atom is 0.327 e. The molecule has 0 amide bonds. The second kappa shape index (κ2) is 8.85. The van der Waals surface area contributed by atoms with Gasteiger partial charge in [-0.3, -0.25) is 4.79 Å². The number of nitrogens with zero attached hydrogens (tertiary/aromatic N) is 1. The molecule has 0 saturated heterocycles. The van der Waals surface area contributed by atoms with Gasteiger partial charge in [-0.2, -0.15) is 0 Å². The lowest BCUT2D eigenvalue weighted by Gasteiger charge is -2.27. The fourth-order valence-electron chi connectivity index (χ4n) is 3.12. The van der Waals surface area contributed by atoms with Crippen molar-refractivity contribution in [2.24, 2.45) is 5.16 Å². The zero-order chi connectivity index (χ0) is 21.9. The minimum absolute atomic E-state index is 0.0395. The summed E-state index contributed by atoms with van der Waals surface area (Å²) in [6.07, 6.45) is 0.300. The summed E-state index contributed by atoms with van der Waals surface area (Å²) in [4.78, 5) is 18.1. The molecule has 0 fully saturated rings. The van der Waals surface area contributed by atoms with E-state index in [1.165, 1.54) is 13.0 Å². The Morgan fingerprint density at radius 2 is 2.00 bits per heavy atom. The molecule has 1 aliphatic heterocycles. The summed E-state index contributed by atoms with van der Waals surface area (Å²) in [5.41, 5.74) is 1.38. The number of oxime groups is 1. The Labute approximate surface area is 183 Å². The molecule has 0 N–H and O–H groups in total. The first-order valence-corrected chi connectivity index (χ1v) is 11.9. The molecule has 0 radical (unpaired) electrons. The largest absolute Gasteiger partial charge is 0.460 e. The van der Waals surface area contributed by atoms with Crippen LogP contribution in [0.15, 0.2) is 58.2 Å². The van der Waals surface area contributed by atoms with E-state index in [1.54, 1.807) is 36.4 Å². The summed E-state index contributed by atoms with van der Waals surface area (Å²) in [7, 11) is -3.84. The summed E-state index contributed by atoms with van der Waals surface area (Å²) in [5, 5.41) is 3.91. The topological polar surface area (TPSA) is 82.0 Å². The van der Waals surface area contributed by atoms with Crippen molar-refractivity contribution in [3.8, 4) is 0 Å². The molecule has 0 aromatic heterocycles. The lowest BCUT2D eigenvalue weighted by Crippen LogP contribution is -2.46. The lowest BCUT2D eigenvalue weighted by atomic mass is 9.97. The Kier molecular flexibility index (Phi) is 6.62. The molecule has 2 aromatic carbocycles. The number of carbonyl (C=O) groups excluding carboxylic acids is 1. The van der Waals surface area contributed by atoms with Gasteiger partial charge in [0.15, 0.2) is 14.6 Å². The maximum absolute atomic E-state index is 14.2. The van der Waals surface area contributed by atoms with E-state index in [1.807, 2.05) is 6.07 Å². The van der Waals surface area contributed by atoms with Crippen LogP contribution in [-0.2, 0) is 30.8 Å². The van der Waals surface area contributed by atoms with Crippen LogP contribution in [0.25, 0.3) is 0 Å². The number of hydrogen-bond acceptors (Lipinski definition) is 6. The molecule has 0 aliphatic carbocycles. The van der Waals surface area contributed by atoms with Crippen LogP contribution in [0.3, 0.4) is 0 Å². The minimum Gasteiger partial charge on any atom is -0.460 e. The van der Waals surface area contributed by atoms with Gasteiger partial charge in [-0.25, -0.2) is 12.8 Å². The van der Waals surface area contributed by atoms with E-state index in [2.05, 4.69) is 21.1 Å². The molecule has 160 valence electrons. The normalized spacial score (nSPS) is 18.3. The fraction of sp³-hybridized carbons (Fsp3) is 0.333. The summed E-state index contributed by atoms with van der Waals surface area (Å²) in [6.45, 7) is 1.28. The molecule has 0 spiro atoms. The first-order valence-electron chi connectivity index (χ1n) is 9.19. The average molecular weight is 498 g/mol. The van der Waals surface area contributed by atoms with Crippen molar-refractivity contribution >= 4 is 37.4 Å². The molecule has 1 heterocycles. The van der Waals surface area contributed by atoms with Crippen LogP contribution in [-0.4, -0.2) is 37.2 Å². The summed E-state index contributed by atoms with van der Waals surface area (Å²) >= 11 is 3.20. The Balaban J connectivity index is 1.71. The zero-order valence-electron chi connectivity index (χ0n) is 16.5. The van der Waals surface area contributed by atoms with Gasteiger partial charge in [-0.05, 0) is 30.7 Å². The third-order valence-corrected chi connectivity index (χ3v) is 7.52. The number of sulfone groups is 1. The number of ether oxygens (including phenoxy) is 1. The Morgan fingerprint density at radius 3 is 2.63 bits per heavy atom. The van der Waals surface area contributed by atoms with E-state index in [4.69, 9.17) is 9.57 Å². The number of rotatable bonds is 7. The van der Waals surface area contributed by atoms with Crippen molar-refractivity contribution in [1.29, 1.82) is 0 Å². The van der Waals surface area contributed by atoms with Crippen LogP contribution >= 0.6 is 15.9 Å². The molecule has 1 unspecified atom stereocenters. The van der Waals surface area contributed by atoms with E-state index in [-0.39, 0.29) is 25.0 Å². The molecule has 30 heavy (non-hydrogen) atoms. The number of carbonyl (C=O) groups is 1. The van der Waals surface area contributed by atoms with E-state index >= 15 is 0 Å². The fourth-order valence-corrected chi connectivity index (χ4v) is 4.30. The summed E-state index contributed by atoms with van der Waals surface area (Å²) in [6, 6.07) is 13.5. The summed E-state index contributed by atoms with van der Waals surface area (Å²) in [5.74, 6) is -1.33. The molecule has 2 aromatic rings. The van der Waals surface area contributed by atoms with E-state index in [0.717, 1.165) is 11.8 Å². The average Bonchev–Trinajstić information content (AvgIpc) is 3.13. The van der Waals surface area contributed by atoms with E-state index in [0.29, 0.717) is 10.2 Å². The van der Waals surface area contributed by atoms with Gasteiger partial charge >= 0.3 is 5.97 Å². The van der Waals surface area contributed by atoms with Gasteiger partial charge in [-0.1, -0.05) is 51.4 Å². The predicted molar refractivity (Wildman–Crippen MR) is 114 cm³/mol. The van der Waals surface area contributed by atoms with E-state index in [9.17, 15) is 17.6 Å². The molecule has 9 heteroatoms. The molecule has 3 rings (SSSR count). The Bertz CT molecular complexity index is 1070. The van der Waals surface area contributed by atoms with Crippen LogP contribution in [0.4, 0.5) is 4.39 Å². The highest BCUT2D eigenvalue weighted by Crippen LogP contribution is 2.31. The van der Waals surface area contributed by atoms with Crippen molar-refractivity contribution < 1.29 is 27.2 Å². The quantitative estimate of drug-likeness (QED) is 0.539. The predicted octanol–water partition coefficient (Wildman–Crippen LogP) is 4.02. The van der Waals surface area contributed by atoms with Gasteiger partial charge in [0.05, 0.1) is 5.71 Å². The van der Waals surface area contributed by atoms with Crippen LogP contribution in [0.1, 0.15) is 30.9 Å². The van der Waals surface area contributed by atoms with Gasteiger partial charge in [0, 0.05) is 29.1 Å². The second-order valence-corrected chi connectivity index (χ2v) is 10.7. The Hall–Kier alpha value is -2.26. The number of benzene rings is 2. The van der Waals surface area contributed by atoms with Gasteiger partial charge < -0.3 is 9.57 Å². The first kappa shape index (κ1) is 22.4. The van der Waals surface area contributed by atoms with Crippen LogP contribution in [0, 0.1) is 5.82 Å². The van der Waals surface area contributed by atoms with Gasteiger partial charge in [0.25, 0.3) is 0 Å².